The molecular formula is C21H10BrCl2F3N2O2. The Kier molecular flexibility index (Phi) is 5.72. The zero-order valence-electron chi connectivity index (χ0n) is 15.2. The molecular weight excluding hydrogens is 520 g/mol. The van der Waals surface area contributed by atoms with E-state index in [1.165, 1.54) is 30.3 Å². The highest BCUT2D eigenvalue weighted by molar-refractivity contribution is 9.10. The molecule has 0 saturated carbocycles. The van der Waals surface area contributed by atoms with E-state index in [0.29, 0.717) is 16.1 Å². The van der Waals surface area contributed by atoms with E-state index in [9.17, 15) is 22.8 Å². The molecule has 0 spiro atoms. The first kappa shape index (κ1) is 21.7. The van der Waals surface area contributed by atoms with Crippen molar-refractivity contribution in [3.05, 3.63) is 96.7 Å². The molecule has 31 heavy (non-hydrogen) atoms. The molecule has 0 fully saturated rings. The Morgan fingerprint density at radius 2 is 1.74 bits per heavy atom. The summed E-state index contributed by atoms with van der Waals surface area (Å²) in [7, 11) is 0. The van der Waals surface area contributed by atoms with Crippen LogP contribution in [0.1, 0.15) is 37.9 Å². The van der Waals surface area contributed by atoms with Gasteiger partial charge >= 0.3 is 0 Å². The van der Waals surface area contributed by atoms with Gasteiger partial charge in [0.25, 0.3) is 11.8 Å². The third-order valence-electron chi connectivity index (χ3n) is 4.71. The Bertz CT molecular complexity index is 1270. The topological polar surface area (TPSA) is 58.2 Å². The number of rotatable bonds is 3. The maximum absolute atomic E-state index is 14.3. The average molecular weight is 530 g/mol. The highest BCUT2D eigenvalue weighted by atomic mass is 79.9. The lowest BCUT2D eigenvalue weighted by atomic mass is 9.96. The molecule has 2 N–H and O–H groups in total. The molecule has 0 saturated heterocycles. The van der Waals surface area contributed by atoms with Crippen molar-refractivity contribution in [1.29, 1.82) is 0 Å². The number of benzene rings is 3. The molecule has 1 heterocycles. The SMILES string of the molecule is O=C(Nc1cc(Br)cc2c1C(c1cc(F)ccc1Cl)NC2=O)c1cc(F)cc(Cl)c1F. The summed E-state index contributed by atoms with van der Waals surface area (Å²) in [5, 5.41) is 4.83. The largest absolute Gasteiger partial charge is 0.341 e. The summed E-state index contributed by atoms with van der Waals surface area (Å²) in [6, 6.07) is 7.26. The van der Waals surface area contributed by atoms with Gasteiger partial charge in [0.05, 0.1) is 16.6 Å². The Balaban J connectivity index is 1.82. The van der Waals surface area contributed by atoms with Crippen LogP contribution in [-0.2, 0) is 0 Å². The van der Waals surface area contributed by atoms with Crippen molar-refractivity contribution in [1.82, 2.24) is 5.32 Å². The third-order valence-corrected chi connectivity index (χ3v) is 5.79. The Morgan fingerprint density at radius 1 is 1.00 bits per heavy atom. The first-order valence-electron chi connectivity index (χ1n) is 8.71. The van der Waals surface area contributed by atoms with Crippen LogP contribution >= 0.6 is 39.1 Å². The highest BCUT2D eigenvalue weighted by Crippen LogP contribution is 2.41. The minimum absolute atomic E-state index is 0.123. The maximum atomic E-state index is 14.3. The van der Waals surface area contributed by atoms with Gasteiger partial charge in [-0.25, -0.2) is 13.2 Å². The molecule has 1 atom stereocenters. The Morgan fingerprint density at radius 3 is 2.48 bits per heavy atom. The van der Waals surface area contributed by atoms with E-state index in [4.69, 9.17) is 23.2 Å². The molecule has 1 aliphatic heterocycles. The van der Waals surface area contributed by atoms with Gasteiger partial charge in [-0.3, -0.25) is 9.59 Å². The number of fused-ring (bicyclic) bond motifs is 1. The van der Waals surface area contributed by atoms with Gasteiger partial charge in [-0.05, 0) is 42.5 Å². The third kappa shape index (κ3) is 4.03. The van der Waals surface area contributed by atoms with Crippen molar-refractivity contribution >= 4 is 56.6 Å². The number of hydrogen-bond donors (Lipinski definition) is 2. The van der Waals surface area contributed by atoms with Crippen LogP contribution in [0.25, 0.3) is 0 Å². The quantitative estimate of drug-likeness (QED) is 0.393. The standard InChI is InChI=1S/C21H10BrCl2F3N2O2/c22-8-3-12-17(19(29-20(12)30)11-5-9(25)1-2-14(11)23)16(4-8)28-21(31)13-6-10(26)7-15(24)18(13)27/h1-7,19H,(H,28,31)(H,29,30). The number of halogens is 6. The molecule has 0 aromatic heterocycles. The van der Waals surface area contributed by atoms with Crippen molar-refractivity contribution in [2.45, 2.75) is 6.04 Å². The molecule has 2 amide bonds. The van der Waals surface area contributed by atoms with Crippen LogP contribution in [-0.4, -0.2) is 11.8 Å². The van der Waals surface area contributed by atoms with Gasteiger partial charge in [0.1, 0.15) is 11.6 Å². The summed E-state index contributed by atoms with van der Waals surface area (Å²) in [6.45, 7) is 0. The highest BCUT2D eigenvalue weighted by Gasteiger charge is 2.35. The zero-order valence-corrected chi connectivity index (χ0v) is 18.3. The smallest absolute Gasteiger partial charge is 0.258 e. The van der Waals surface area contributed by atoms with E-state index < -0.39 is 45.9 Å². The number of hydrogen-bond acceptors (Lipinski definition) is 2. The molecule has 1 aliphatic rings. The van der Waals surface area contributed by atoms with Crippen molar-refractivity contribution in [2.24, 2.45) is 0 Å². The van der Waals surface area contributed by atoms with Gasteiger partial charge in [-0.15, -0.1) is 0 Å². The van der Waals surface area contributed by atoms with Gasteiger partial charge < -0.3 is 10.6 Å². The second kappa shape index (κ2) is 8.18. The Labute approximate surface area is 192 Å². The molecule has 158 valence electrons. The van der Waals surface area contributed by atoms with Gasteiger partial charge in [-0.1, -0.05) is 39.1 Å². The van der Waals surface area contributed by atoms with Gasteiger partial charge in [0.2, 0.25) is 0 Å². The van der Waals surface area contributed by atoms with E-state index in [1.807, 2.05) is 0 Å². The number of amides is 2. The molecule has 4 nitrogen and oxygen atoms in total. The molecule has 0 radical (unpaired) electrons. The number of nitrogens with one attached hydrogen (secondary N) is 2. The van der Waals surface area contributed by atoms with Gasteiger partial charge in [-0.2, -0.15) is 0 Å². The van der Waals surface area contributed by atoms with Crippen LogP contribution in [0.15, 0.2) is 46.9 Å². The van der Waals surface area contributed by atoms with Crippen molar-refractivity contribution in [3.8, 4) is 0 Å². The molecule has 0 aliphatic carbocycles. The van der Waals surface area contributed by atoms with E-state index >= 15 is 0 Å². The lowest BCUT2D eigenvalue weighted by Gasteiger charge is -2.18. The predicted octanol–water partition coefficient (Wildman–Crippen LogP) is 6.26. The first-order valence-corrected chi connectivity index (χ1v) is 10.3. The molecule has 1 unspecified atom stereocenters. The summed E-state index contributed by atoms with van der Waals surface area (Å²) in [6.07, 6.45) is 0. The molecule has 10 heteroatoms. The van der Waals surface area contributed by atoms with E-state index in [1.54, 1.807) is 0 Å². The molecule has 3 aromatic rings. The number of carbonyl (C=O) groups is 2. The van der Waals surface area contributed by atoms with E-state index in [0.717, 1.165) is 6.07 Å². The number of carbonyl (C=O) groups excluding carboxylic acids is 2. The molecule has 0 bridgehead atoms. The Hall–Kier alpha value is -2.55. The fraction of sp³-hybridized carbons (Fsp3) is 0.0476. The monoisotopic (exact) mass is 528 g/mol. The zero-order chi connectivity index (χ0) is 22.4. The van der Waals surface area contributed by atoms with Crippen LogP contribution in [0.4, 0.5) is 18.9 Å². The van der Waals surface area contributed by atoms with Gasteiger partial charge in [0, 0.05) is 31.9 Å². The van der Waals surface area contributed by atoms with E-state index in [2.05, 4.69) is 26.6 Å². The second-order valence-corrected chi connectivity index (χ2v) is 8.42. The number of anilines is 1. The van der Waals surface area contributed by atoms with Crippen LogP contribution < -0.4 is 10.6 Å². The molecule has 4 rings (SSSR count). The van der Waals surface area contributed by atoms with Gasteiger partial charge in [0.15, 0.2) is 5.82 Å². The molecule has 3 aromatic carbocycles. The van der Waals surface area contributed by atoms with Crippen molar-refractivity contribution < 1.29 is 22.8 Å². The van der Waals surface area contributed by atoms with Crippen LogP contribution in [0, 0.1) is 17.5 Å². The lowest BCUT2D eigenvalue weighted by molar-refractivity contribution is 0.0959. The summed E-state index contributed by atoms with van der Waals surface area (Å²) in [5.41, 5.74) is 0.283. The summed E-state index contributed by atoms with van der Waals surface area (Å²) in [5.74, 6) is -4.01. The summed E-state index contributed by atoms with van der Waals surface area (Å²) >= 11 is 15.1. The minimum Gasteiger partial charge on any atom is -0.341 e. The van der Waals surface area contributed by atoms with Crippen molar-refractivity contribution in [3.63, 3.8) is 0 Å². The fourth-order valence-corrected chi connectivity index (χ4v) is 4.27. The first-order chi connectivity index (χ1) is 14.7. The average Bonchev–Trinajstić information content (AvgIpc) is 3.03. The van der Waals surface area contributed by atoms with E-state index in [-0.39, 0.29) is 21.8 Å². The van der Waals surface area contributed by atoms with Crippen LogP contribution in [0.5, 0.6) is 0 Å². The summed E-state index contributed by atoms with van der Waals surface area (Å²) in [4.78, 5) is 25.3. The lowest BCUT2D eigenvalue weighted by Crippen LogP contribution is -2.21. The predicted molar refractivity (Wildman–Crippen MR) is 114 cm³/mol. The van der Waals surface area contributed by atoms with Crippen molar-refractivity contribution in [2.75, 3.05) is 5.32 Å². The minimum atomic E-state index is -1.09. The summed E-state index contributed by atoms with van der Waals surface area (Å²) < 4.78 is 42.3. The fourth-order valence-electron chi connectivity index (χ4n) is 3.38. The van der Waals surface area contributed by atoms with Crippen LogP contribution in [0.2, 0.25) is 10.0 Å². The maximum Gasteiger partial charge on any atom is 0.258 e. The second-order valence-electron chi connectivity index (χ2n) is 6.69. The normalized spacial score (nSPS) is 14.9. The van der Waals surface area contributed by atoms with Crippen LogP contribution in [0.3, 0.4) is 0 Å².